The molecule has 0 radical (unpaired) electrons. The Morgan fingerprint density at radius 2 is 1.76 bits per heavy atom. The first-order valence-electron chi connectivity index (χ1n) is 7.90. The van der Waals surface area contributed by atoms with Gasteiger partial charge in [-0.15, -0.1) is 0 Å². The molecule has 130 valence electrons. The van der Waals surface area contributed by atoms with E-state index in [9.17, 15) is 9.59 Å². The monoisotopic (exact) mass is 341 g/mol. The van der Waals surface area contributed by atoms with Gasteiger partial charge in [0.05, 0.1) is 0 Å². The van der Waals surface area contributed by atoms with Crippen molar-refractivity contribution in [3.63, 3.8) is 0 Å². The molecule has 1 aliphatic rings. The molecule has 2 atom stereocenters. The van der Waals surface area contributed by atoms with Gasteiger partial charge in [0.2, 0.25) is 5.91 Å². The van der Waals surface area contributed by atoms with Crippen LogP contribution in [0.1, 0.15) is 11.6 Å². The van der Waals surface area contributed by atoms with E-state index >= 15 is 0 Å². The highest BCUT2D eigenvalue weighted by molar-refractivity contribution is 5.96. The molecular formula is C18H19N3O4. The number of ether oxygens (including phenoxy) is 2. The first kappa shape index (κ1) is 16.8. The lowest BCUT2D eigenvalue weighted by Gasteiger charge is -2.28. The highest BCUT2D eigenvalue weighted by Crippen LogP contribution is 2.30. The maximum atomic E-state index is 12.3. The van der Waals surface area contributed by atoms with Gasteiger partial charge in [-0.1, -0.05) is 42.5 Å². The highest BCUT2D eigenvalue weighted by Gasteiger charge is 2.25. The minimum atomic E-state index is -0.890. The molecule has 25 heavy (non-hydrogen) atoms. The van der Waals surface area contributed by atoms with Crippen molar-refractivity contribution in [2.45, 2.75) is 12.1 Å². The molecule has 0 bridgehead atoms. The van der Waals surface area contributed by atoms with Crippen molar-refractivity contribution in [1.29, 1.82) is 0 Å². The standard InChI is InChI=1S/C18H19N3O4/c19-18(23)21-17(22)16(12-6-2-1-3-7-12)20-10-13-11-24-14-8-4-5-9-15(14)25-13/h1-9,13,16,20H,10-11H2,(H3,19,21,22,23)/t13-,16-/m0/s1. The van der Waals surface area contributed by atoms with E-state index in [4.69, 9.17) is 15.2 Å². The van der Waals surface area contributed by atoms with E-state index < -0.39 is 18.0 Å². The van der Waals surface area contributed by atoms with Crippen molar-refractivity contribution in [3.8, 4) is 11.5 Å². The summed E-state index contributed by atoms with van der Waals surface area (Å²) in [6.07, 6.45) is -0.262. The van der Waals surface area contributed by atoms with E-state index in [0.717, 1.165) is 5.56 Å². The van der Waals surface area contributed by atoms with Gasteiger partial charge in [-0.3, -0.25) is 15.4 Å². The van der Waals surface area contributed by atoms with E-state index in [0.29, 0.717) is 24.7 Å². The summed E-state index contributed by atoms with van der Waals surface area (Å²) in [6, 6.07) is 14.9. The molecule has 0 saturated heterocycles. The van der Waals surface area contributed by atoms with E-state index in [-0.39, 0.29) is 6.10 Å². The number of hydrogen-bond acceptors (Lipinski definition) is 5. The van der Waals surface area contributed by atoms with Crippen LogP contribution in [0.3, 0.4) is 0 Å². The van der Waals surface area contributed by atoms with Crippen LogP contribution in [0.5, 0.6) is 11.5 Å². The first-order valence-corrected chi connectivity index (χ1v) is 7.90. The number of fused-ring (bicyclic) bond motifs is 1. The van der Waals surface area contributed by atoms with E-state index in [1.54, 1.807) is 12.1 Å². The average Bonchev–Trinajstić information content (AvgIpc) is 2.62. The molecule has 1 heterocycles. The van der Waals surface area contributed by atoms with Crippen LogP contribution in [-0.4, -0.2) is 31.2 Å². The summed E-state index contributed by atoms with van der Waals surface area (Å²) >= 11 is 0. The largest absolute Gasteiger partial charge is 0.486 e. The van der Waals surface area contributed by atoms with Crippen molar-refractivity contribution in [1.82, 2.24) is 10.6 Å². The number of primary amides is 1. The van der Waals surface area contributed by atoms with Gasteiger partial charge in [-0.05, 0) is 17.7 Å². The van der Waals surface area contributed by atoms with Gasteiger partial charge in [0.15, 0.2) is 11.5 Å². The molecule has 4 N–H and O–H groups in total. The molecule has 7 nitrogen and oxygen atoms in total. The summed E-state index contributed by atoms with van der Waals surface area (Å²) in [5, 5.41) is 5.23. The fraction of sp³-hybridized carbons (Fsp3) is 0.222. The number of carbonyl (C=O) groups is 2. The Hall–Kier alpha value is -3.06. The fourth-order valence-corrected chi connectivity index (χ4v) is 2.61. The molecule has 2 aromatic carbocycles. The molecule has 7 heteroatoms. The van der Waals surface area contributed by atoms with Crippen molar-refractivity contribution in [2.75, 3.05) is 13.2 Å². The smallest absolute Gasteiger partial charge is 0.318 e. The fourth-order valence-electron chi connectivity index (χ4n) is 2.61. The van der Waals surface area contributed by atoms with E-state index in [2.05, 4.69) is 10.6 Å². The van der Waals surface area contributed by atoms with Gasteiger partial charge in [-0.2, -0.15) is 0 Å². The molecule has 3 amide bonds. The van der Waals surface area contributed by atoms with Crippen LogP contribution in [0.15, 0.2) is 54.6 Å². The number of nitrogens with one attached hydrogen (secondary N) is 2. The topological polar surface area (TPSA) is 103 Å². The lowest BCUT2D eigenvalue weighted by molar-refractivity contribution is -0.122. The number of imide groups is 1. The summed E-state index contributed by atoms with van der Waals surface area (Å²) in [5.74, 6) is 0.846. The molecule has 0 unspecified atom stereocenters. The quantitative estimate of drug-likeness (QED) is 0.762. The number of urea groups is 1. The van der Waals surface area contributed by atoms with Gasteiger partial charge in [0.25, 0.3) is 0 Å². The zero-order chi connectivity index (χ0) is 17.6. The number of benzene rings is 2. The Morgan fingerprint density at radius 1 is 1.08 bits per heavy atom. The van der Waals surface area contributed by atoms with Crippen molar-refractivity contribution < 1.29 is 19.1 Å². The van der Waals surface area contributed by atoms with Gasteiger partial charge in [-0.25, -0.2) is 4.79 Å². The third-order valence-corrected chi connectivity index (χ3v) is 3.76. The normalized spacial score (nSPS) is 16.7. The second-order valence-corrected chi connectivity index (χ2v) is 5.60. The third kappa shape index (κ3) is 4.27. The van der Waals surface area contributed by atoms with Crippen LogP contribution in [-0.2, 0) is 4.79 Å². The predicted octanol–water partition coefficient (Wildman–Crippen LogP) is 1.35. The van der Waals surface area contributed by atoms with Crippen LogP contribution in [0.25, 0.3) is 0 Å². The summed E-state index contributed by atoms with van der Waals surface area (Å²) < 4.78 is 11.5. The SMILES string of the molecule is NC(=O)NC(=O)[C@@H](NC[C@H]1COc2ccccc2O1)c1ccccc1. The van der Waals surface area contributed by atoms with Gasteiger partial charge in [0.1, 0.15) is 18.8 Å². The summed E-state index contributed by atoms with van der Waals surface area (Å²) in [4.78, 5) is 23.3. The molecule has 0 saturated carbocycles. The Kier molecular flexibility index (Phi) is 5.15. The van der Waals surface area contributed by atoms with Crippen LogP contribution >= 0.6 is 0 Å². The first-order chi connectivity index (χ1) is 12.1. The zero-order valence-electron chi connectivity index (χ0n) is 13.5. The second kappa shape index (κ2) is 7.67. The zero-order valence-corrected chi connectivity index (χ0v) is 13.5. The van der Waals surface area contributed by atoms with Crippen molar-refractivity contribution in [2.24, 2.45) is 5.73 Å². The van der Waals surface area contributed by atoms with Crippen molar-refractivity contribution >= 4 is 11.9 Å². The van der Waals surface area contributed by atoms with Crippen LogP contribution < -0.4 is 25.8 Å². The average molecular weight is 341 g/mol. The molecule has 2 aromatic rings. The van der Waals surface area contributed by atoms with Gasteiger partial charge >= 0.3 is 6.03 Å². The number of amides is 3. The molecule has 1 aliphatic heterocycles. The van der Waals surface area contributed by atoms with Crippen LogP contribution in [0.4, 0.5) is 4.79 Å². The number of nitrogens with two attached hydrogens (primary N) is 1. The minimum absolute atomic E-state index is 0.262. The molecule has 0 aliphatic carbocycles. The summed E-state index contributed by atoms with van der Waals surface area (Å²) in [5.41, 5.74) is 5.78. The molecular weight excluding hydrogens is 322 g/mol. The lowest BCUT2D eigenvalue weighted by Crippen LogP contribution is -2.46. The van der Waals surface area contributed by atoms with Crippen LogP contribution in [0, 0.1) is 0 Å². The Balaban J connectivity index is 1.67. The maximum absolute atomic E-state index is 12.3. The van der Waals surface area contributed by atoms with Gasteiger partial charge < -0.3 is 15.2 Å². The lowest BCUT2D eigenvalue weighted by atomic mass is 10.1. The third-order valence-electron chi connectivity index (χ3n) is 3.76. The van der Waals surface area contributed by atoms with E-state index in [1.807, 2.05) is 42.5 Å². The minimum Gasteiger partial charge on any atom is -0.486 e. The van der Waals surface area contributed by atoms with E-state index in [1.165, 1.54) is 0 Å². The Morgan fingerprint density at radius 3 is 2.48 bits per heavy atom. The Labute approximate surface area is 145 Å². The Bertz CT molecular complexity index is 751. The number of carbonyl (C=O) groups excluding carboxylic acids is 2. The van der Waals surface area contributed by atoms with Gasteiger partial charge in [0, 0.05) is 6.54 Å². The number of rotatable bonds is 5. The predicted molar refractivity (Wildman–Crippen MR) is 91.3 cm³/mol. The second-order valence-electron chi connectivity index (χ2n) is 5.60. The summed E-state index contributed by atoms with van der Waals surface area (Å²) in [6.45, 7) is 0.725. The number of hydrogen-bond donors (Lipinski definition) is 3. The number of para-hydroxylation sites is 2. The van der Waals surface area contributed by atoms with Crippen LogP contribution in [0.2, 0.25) is 0 Å². The molecule has 0 aromatic heterocycles. The molecule has 0 fully saturated rings. The maximum Gasteiger partial charge on any atom is 0.318 e. The summed E-state index contributed by atoms with van der Waals surface area (Å²) in [7, 11) is 0. The molecule has 3 rings (SSSR count). The highest BCUT2D eigenvalue weighted by atomic mass is 16.6. The van der Waals surface area contributed by atoms with Crippen molar-refractivity contribution in [3.05, 3.63) is 60.2 Å². The molecule has 0 spiro atoms.